The fraction of sp³-hybridized carbons (Fsp3) is 0.500. The van der Waals surface area contributed by atoms with Gasteiger partial charge in [0.05, 0.1) is 5.25 Å². The molecule has 3 nitrogen and oxygen atoms in total. The van der Waals surface area contributed by atoms with Gasteiger partial charge in [-0.1, -0.05) is 42.1 Å². The van der Waals surface area contributed by atoms with Crippen molar-refractivity contribution < 1.29 is 5.11 Å². The normalized spacial score (nSPS) is 30.1. The minimum atomic E-state index is -0.972. The monoisotopic (exact) mass is 296 g/mol. The van der Waals surface area contributed by atoms with E-state index < -0.39 is 5.72 Å². The molecule has 0 bridgehead atoms. The summed E-state index contributed by atoms with van der Waals surface area (Å²) in [7, 11) is 0. The van der Waals surface area contributed by atoms with Crippen molar-refractivity contribution in [2.24, 2.45) is 4.99 Å². The third-order valence-corrected chi connectivity index (χ3v) is 5.32. The van der Waals surface area contributed by atoms with Gasteiger partial charge in [-0.25, -0.2) is 0 Å². The number of amidine groups is 1. The molecule has 19 heavy (non-hydrogen) atoms. The van der Waals surface area contributed by atoms with Gasteiger partial charge in [-0.15, -0.1) is 11.6 Å². The van der Waals surface area contributed by atoms with E-state index in [9.17, 15) is 5.11 Å². The quantitative estimate of drug-likeness (QED) is 0.871. The molecule has 0 spiro atoms. The van der Waals surface area contributed by atoms with Gasteiger partial charge in [0, 0.05) is 24.5 Å². The maximum Gasteiger partial charge on any atom is 0.178 e. The molecule has 1 saturated heterocycles. The molecule has 0 saturated carbocycles. The topological polar surface area (TPSA) is 35.8 Å². The number of rotatable bonds is 3. The maximum atomic E-state index is 11.3. The molecule has 102 valence electrons. The molecular weight excluding hydrogens is 280 g/mol. The smallest absolute Gasteiger partial charge is 0.178 e. The maximum absolute atomic E-state index is 11.3. The second kappa shape index (κ2) is 5.35. The van der Waals surface area contributed by atoms with Crippen LogP contribution in [0.3, 0.4) is 0 Å². The van der Waals surface area contributed by atoms with E-state index in [2.05, 4.69) is 4.99 Å². The number of nitrogens with zero attached hydrogens (tertiary/aromatic N) is 2. The molecule has 2 heterocycles. The van der Waals surface area contributed by atoms with E-state index in [0.717, 1.165) is 36.7 Å². The van der Waals surface area contributed by atoms with E-state index in [1.807, 2.05) is 35.2 Å². The van der Waals surface area contributed by atoms with E-state index >= 15 is 0 Å². The second-order valence-corrected chi connectivity index (χ2v) is 6.39. The molecular formula is C14H17ClN2OS. The van der Waals surface area contributed by atoms with Crippen molar-refractivity contribution in [1.82, 2.24) is 4.90 Å². The Morgan fingerprint density at radius 1 is 1.42 bits per heavy atom. The van der Waals surface area contributed by atoms with Crippen LogP contribution < -0.4 is 0 Å². The van der Waals surface area contributed by atoms with Crippen LogP contribution in [0.5, 0.6) is 0 Å². The lowest BCUT2D eigenvalue weighted by Crippen LogP contribution is -2.50. The SMILES string of the molecule is O[C@]1(c2ccccc2)[C@@H](CCCl)SC2=NCCCN21. The molecule has 1 fully saturated rings. The van der Waals surface area contributed by atoms with Crippen molar-refractivity contribution in [3.63, 3.8) is 0 Å². The summed E-state index contributed by atoms with van der Waals surface area (Å²) < 4.78 is 0. The summed E-state index contributed by atoms with van der Waals surface area (Å²) in [4.78, 5) is 6.60. The molecule has 0 aromatic heterocycles. The fourth-order valence-electron chi connectivity index (χ4n) is 2.77. The number of halogens is 1. The average Bonchev–Trinajstić information content (AvgIpc) is 2.75. The zero-order valence-electron chi connectivity index (χ0n) is 10.6. The number of benzene rings is 1. The number of thioether (sulfide) groups is 1. The van der Waals surface area contributed by atoms with Crippen molar-refractivity contribution in [3.05, 3.63) is 35.9 Å². The molecule has 0 amide bonds. The standard InChI is InChI=1S/C14H17ClN2OS/c15-8-7-12-14(18,11-5-2-1-3-6-11)17-10-4-9-16-13(17)19-12/h1-3,5-6,12,18H,4,7-10H2/t12-,14-/m1/s1. The summed E-state index contributed by atoms with van der Waals surface area (Å²) in [6.07, 6.45) is 1.76. The van der Waals surface area contributed by atoms with Gasteiger partial charge in [0.15, 0.2) is 10.9 Å². The zero-order valence-corrected chi connectivity index (χ0v) is 12.2. The van der Waals surface area contributed by atoms with Crippen LogP contribution in [0.1, 0.15) is 18.4 Å². The van der Waals surface area contributed by atoms with Crippen LogP contribution in [0.15, 0.2) is 35.3 Å². The first kappa shape index (κ1) is 13.3. The lowest BCUT2D eigenvalue weighted by atomic mass is 9.95. The first-order chi connectivity index (χ1) is 9.26. The summed E-state index contributed by atoms with van der Waals surface area (Å²) in [5.74, 6) is 0.550. The van der Waals surface area contributed by atoms with Crippen LogP contribution in [0.4, 0.5) is 0 Å². The van der Waals surface area contributed by atoms with Crippen LogP contribution in [0.2, 0.25) is 0 Å². The lowest BCUT2D eigenvalue weighted by Gasteiger charge is -2.39. The Balaban J connectivity index is 2.03. The molecule has 3 rings (SSSR count). The van der Waals surface area contributed by atoms with E-state index in [4.69, 9.17) is 11.6 Å². The Bertz CT molecular complexity index is 482. The van der Waals surface area contributed by atoms with Crippen LogP contribution in [0.25, 0.3) is 0 Å². The van der Waals surface area contributed by atoms with Gasteiger partial charge in [-0.05, 0) is 12.8 Å². The summed E-state index contributed by atoms with van der Waals surface area (Å²) >= 11 is 7.57. The van der Waals surface area contributed by atoms with Gasteiger partial charge in [-0.3, -0.25) is 4.99 Å². The van der Waals surface area contributed by atoms with Crippen LogP contribution in [0, 0.1) is 0 Å². The summed E-state index contributed by atoms with van der Waals surface area (Å²) in [5.41, 5.74) is -0.0372. The number of alkyl halides is 1. The first-order valence-electron chi connectivity index (χ1n) is 6.59. The van der Waals surface area contributed by atoms with Gasteiger partial charge in [0.25, 0.3) is 0 Å². The number of aliphatic imine (C=N–C) groups is 1. The highest BCUT2D eigenvalue weighted by Crippen LogP contribution is 2.47. The van der Waals surface area contributed by atoms with Crippen LogP contribution >= 0.6 is 23.4 Å². The van der Waals surface area contributed by atoms with E-state index in [0.29, 0.717) is 5.88 Å². The Kier molecular flexibility index (Phi) is 3.74. The average molecular weight is 297 g/mol. The largest absolute Gasteiger partial charge is 0.366 e. The lowest BCUT2D eigenvalue weighted by molar-refractivity contribution is -0.0726. The van der Waals surface area contributed by atoms with Gasteiger partial charge >= 0.3 is 0 Å². The van der Waals surface area contributed by atoms with Crippen molar-refractivity contribution in [1.29, 1.82) is 0 Å². The van der Waals surface area contributed by atoms with E-state index in [1.54, 1.807) is 11.8 Å². The molecule has 1 N–H and O–H groups in total. The molecule has 0 radical (unpaired) electrons. The number of hydrogen-bond donors (Lipinski definition) is 1. The van der Waals surface area contributed by atoms with Crippen molar-refractivity contribution in [2.45, 2.75) is 23.8 Å². The Labute approximate surface area is 122 Å². The molecule has 0 aliphatic carbocycles. The van der Waals surface area contributed by atoms with Gasteiger partial charge in [-0.2, -0.15) is 0 Å². The van der Waals surface area contributed by atoms with Crippen molar-refractivity contribution >= 4 is 28.5 Å². The number of aliphatic hydroxyl groups is 1. The predicted octanol–water partition coefficient (Wildman–Crippen LogP) is 2.64. The zero-order chi connectivity index (χ0) is 13.3. The van der Waals surface area contributed by atoms with Crippen LogP contribution in [-0.2, 0) is 5.72 Å². The molecule has 0 unspecified atom stereocenters. The molecule has 5 heteroatoms. The molecule has 1 aromatic carbocycles. The van der Waals surface area contributed by atoms with E-state index in [1.165, 1.54) is 0 Å². The van der Waals surface area contributed by atoms with E-state index in [-0.39, 0.29) is 5.25 Å². The van der Waals surface area contributed by atoms with Crippen LogP contribution in [-0.4, -0.2) is 39.4 Å². The Hall–Kier alpha value is -0.710. The molecule has 2 aliphatic heterocycles. The predicted molar refractivity (Wildman–Crippen MR) is 80.7 cm³/mol. The summed E-state index contributed by atoms with van der Waals surface area (Å²) in [6, 6.07) is 9.87. The highest BCUT2D eigenvalue weighted by Gasteiger charge is 2.52. The van der Waals surface area contributed by atoms with Crippen molar-refractivity contribution in [3.8, 4) is 0 Å². The van der Waals surface area contributed by atoms with Gasteiger partial charge in [0.1, 0.15) is 0 Å². The third-order valence-electron chi connectivity index (χ3n) is 3.70. The third kappa shape index (κ3) is 2.16. The van der Waals surface area contributed by atoms with Crippen molar-refractivity contribution in [2.75, 3.05) is 19.0 Å². The van der Waals surface area contributed by atoms with Gasteiger partial charge < -0.3 is 10.0 Å². The Morgan fingerprint density at radius 2 is 2.21 bits per heavy atom. The number of hydrogen-bond acceptors (Lipinski definition) is 4. The molecule has 2 atom stereocenters. The minimum Gasteiger partial charge on any atom is -0.366 e. The summed E-state index contributed by atoms with van der Waals surface area (Å²) in [6.45, 7) is 1.72. The molecule has 2 aliphatic rings. The summed E-state index contributed by atoms with van der Waals surface area (Å²) in [5, 5.41) is 12.3. The first-order valence-corrected chi connectivity index (χ1v) is 8.01. The number of fused-ring (bicyclic) bond motifs is 1. The Morgan fingerprint density at radius 3 is 2.95 bits per heavy atom. The highest BCUT2D eigenvalue weighted by molar-refractivity contribution is 8.14. The highest BCUT2D eigenvalue weighted by atomic mass is 35.5. The minimum absolute atomic E-state index is 0.0456. The molecule has 1 aromatic rings. The second-order valence-electron chi connectivity index (χ2n) is 4.85. The fourth-order valence-corrected chi connectivity index (χ4v) is 4.56. The van der Waals surface area contributed by atoms with Gasteiger partial charge in [0.2, 0.25) is 0 Å².